The molecule has 0 heterocycles. The molecule has 0 saturated carbocycles. The molecule has 2 N–H and O–H groups in total. The van der Waals surface area contributed by atoms with E-state index < -0.39 is 6.03 Å². The number of benzene rings is 2. The minimum absolute atomic E-state index is 0.403. The first-order valence-corrected chi connectivity index (χ1v) is 6.52. The van der Waals surface area contributed by atoms with Gasteiger partial charge in [0.05, 0.1) is 22.8 Å². The minimum atomic E-state index is -0.403. The van der Waals surface area contributed by atoms with Crippen LogP contribution in [-0.4, -0.2) is 13.1 Å². The van der Waals surface area contributed by atoms with Crippen LogP contribution in [0.3, 0.4) is 0 Å². The van der Waals surface area contributed by atoms with Gasteiger partial charge in [0.2, 0.25) is 0 Å². The Balaban J connectivity index is 2.05. The smallest absolute Gasteiger partial charge is 0.323 e. The molecular weight excluding hydrogens is 299 g/mol. The van der Waals surface area contributed by atoms with Crippen LogP contribution >= 0.6 is 23.2 Å². The van der Waals surface area contributed by atoms with Crippen LogP contribution < -0.4 is 15.4 Å². The molecule has 6 heteroatoms. The number of rotatable bonds is 3. The van der Waals surface area contributed by atoms with Crippen LogP contribution in [-0.2, 0) is 0 Å². The Morgan fingerprint density at radius 1 is 1.05 bits per heavy atom. The lowest BCUT2D eigenvalue weighted by Gasteiger charge is -2.10. The molecule has 0 atom stereocenters. The van der Waals surface area contributed by atoms with Crippen molar-refractivity contribution in [2.45, 2.75) is 0 Å². The molecule has 2 aromatic carbocycles. The van der Waals surface area contributed by atoms with E-state index in [0.29, 0.717) is 27.2 Å². The predicted molar refractivity (Wildman–Crippen MR) is 82.1 cm³/mol. The number of halogens is 2. The molecule has 0 aliphatic heterocycles. The van der Waals surface area contributed by atoms with Gasteiger partial charge in [-0.05, 0) is 30.3 Å². The van der Waals surface area contributed by atoms with Gasteiger partial charge in [0, 0.05) is 5.69 Å². The quantitative estimate of drug-likeness (QED) is 0.867. The van der Waals surface area contributed by atoms with Crippen molar-refractivity contribution >= 4 is 40.6 Å². The maximum atomic E-state index is 11.8. The molecule has 0 aliphatic rings. The lowest BCUT2D eigenvalue weighted by atomic mass is 10.3. The molecule has 0 bridgehead atoms. The van der Waals surface area contributed by atoms with Gasteiger partial charge in [0.15, 0.2) is 0 Å². The Morgan fingerprint density at radius 3 is 2.45 bits per heavy atom. The van der Waals surface area contributed by atoms with Gasteiger partial charge in [-0.15, -0.1) is 0 Å². The summed E-state index contributed by atoms with van der Waals surface area (Å²) >= 11 is 11.9. The van der Waals surface area contributed by atoms with E-state index in [9.17, 15) is 4.79 Å². The highest BCUT2D eigenvalue weighted by Crippen LogP contribution is 2.27. The number of ether oxygens (including phenoxy) is 1. The average Bonchev–Trinajstić information content (AvgIpc) is 2.41. The zero-order valence-corrected chi connectivity index (χ0v) is 12.1. The SMILES string of the molecule is COc1ccc(NC(=O)Nc2ccccc2Cl)cc1Cl. The van der Waals surface area contributed by atoms with Gasteiger partial charge in [-0.2, -0.15) is 0 Å². The maximum Gasteiger partial charge on any atom is 0.323 e. The summed E-state index contributed by atoms with van der Waals surface area (Å²) in [5.74, 6) is 0.545. The van der Waals surface area contributed by atoms with E-state index in [1.807, 2.05) is 0 Å². The Labute approximate surface area is 126 Å². The fourth-order valence-electron chi connectivity index (χ4n) is 1.59. The highest BCUT2D eigenvalue weighted by Gasteiger charge is 2.07. The van der Waals surface area contributed by atoms with Crippen molar-refractivity contribution in [1.29, 1.82) is 0 Å². The van der Waals surface area contributed by atoms with Crippen LogP contribution in [0.1, 0.15) is 0 Å². The lowest BCUT2D eigenvalue weighted by Crippen LogP contribution is -2.19. The molecule has 0 radical (unpaired) electrons. The summed E-state index contributed by atoms with van der Waals surface area (Å²) in [6.07, 6.45) is 0. The molecule has 2 rings (SSSR count). The van der Waals surface area contributed by atoms with Crippen molar-refractivity contribution in [3.05, 3.63) is 52.5 Å². The number of hydrogen-bond acceptors (Lipinski definition) is 2. The van der Waals surface area contributed by atoms with E-state index in [2.05, 4.69) is 10.6 Å². The molecule has 0 unspecified atom stereocenters. The zero-order chi connectivity index (χ0) is 14.5. The molecule has 0 aliphatic carbocycles. The van der Waals surface area contributed by atoms with E-state index in [0.717, 1.165) is 0 Å². The largest absolute Gasteiger partial charge is 0.495 e. The van der Waals surface area contributed by atoms with Crippen molar-refractivity contribution in [3.63, 3.8) is 0 Å². The van der Waals surface area contributed by atoms with Gasteiger partial charge in [0.1, 0.15) is 5.75 Å². The number of hydrogen-bond donors (Lipinski definition) is 2. The summed E-state index contributed by atoms with van der Waals surface area (Å²) in [5, 5.41) is 6.20. The van der Waals surface area contributed by atoms with Crippen LogP contribution in [0, 0.1) is 0 Å². The third kappa shape index (κ3) is 3.56. The normalized spacial score (nSPS) is 9.95. The number of urea groups is 1. The molecule has 4 nitrogen and oxygen atoms in total. The Kier molecular flexibility index (Phi) is 4.71. The van der Waals surface area contributed by atoms with Crippen LogP contribution in [0.25, 0.3) is 0 Å². The van der Waals surface area contributed by atoms with Crippen LogP contribution in [0.4, 0.5) is 16.2 Å². The summed E-state index contributed by atoms with van der Waals surface area (Å²) in [5.41, 5.74) is 1.09. The molecule has 104 valence electrons. The van der Waals surface area contributed by atoms with Gasteiger partial charge < -0.3 is 15.4 Å². The Morgan fingerprint density at radius 2 is 1.80 bits per heavy atom. The minimum Gasteiger partial charge on any atom is -0.495 e. The molecular formula is C14H12Cl2N2O2. The molecule has 0 aromatic heterocycles. The highest BCUT2D eigenvalue weighted by atomic mass is 35.5. The fourth-order valence-corrected chi connectivity index (χ4v) is 2.03. The van der Waals surface area contributed by atoms with E-state index >= 15 is 0 Å². The Hall–Kier alpha value is -1.91. The summed E-state index contributed by atoms with van der Waals surface area (Å²) in [4.78, 5) is 11.8. The second-order valence-electron chi connectivity index (χ2n) is 3.91. The zero-order valence-electron chi connectivity index (χ0n) is 10.6. The molecule has 20 heavy (non-hydrogen) atoms. The van der Waals surface area contributed by atoms with Crippen molar-refractivity contribution in [1.82, 2.24) is 0 Å². The first kappa shape index (κ1) is 14.5. The summed E-state index contributed by atoms with van der Waals surface area (Å²) in [7, 11) is 1.53. The number of amides is 2. The standard InChI is InChI=1S/C14H12Cl2N2O2/c1-20-13-7-6-9(8-11(13)16)17-14(19)18-12-5-3-2-4-10(12)15/h2-8H,1H3,(H2,17,18,19). The first-order chi connectivity index (χ1) is 9.60. The first-order valence-electron chi connectivity index (χ1n) is 5.76. The maximum absolute atomic E-state index is 11.8. The number of anilines is 2. The molecule has 2 amide bonds. The van der Waals surface area contributed by atoms with Gasteiger partial charge >= 0.3 is 6.03 Å². The number of carbonyl (C=O) groups is 1. The van der Waals surface area contributed by atoms with Gasteiger partial charge in [0.25, 0.3) is 0 Å². The summed E-state index contributed by atoms with van der Waals surface area (Å²) < 4.78 is 5.04. The van der Waals surface area contributed by atoms with Crippen molar-refractivity contribution in [2.75, 3.05) is 17.7 Å². The van der Waals surface area contributed by atoms with Crippen LogP contribution in [0.15, 0.2) is 42.5 Å². The number of nitrogens with one attached hydrogen (secondary N) is 2. The number of para-hydroxylation sites is 1. The summed E-state index contributed by atoms with van der Waals surface area (Å²) in [6, 6.07) is 11.5. The third-order valence-electron chi connectivity index (χ3n) is 2.53. The highest BCUT2D eigenvalue weighted by molar-refractivity contribution is 6.34. The molecule has 0 fully saturated rings. The molecule has 0 spiro atoms. The van der Waals surface area contributed by atoms with Gasteiger partial charge in [-0.3, -0.25) is 0 Å². The second-order valence-corrected chi connectivity index (χ2v) is 4.72. The van der Waals surface area contributed by atoms with E-state index in [1.165, 1.54) is 7.11 Å². The van der Waals surface area contributed by atoms with Gasteiger partial charge in [-0.1, -0.05) is 35.3 Å². The third-order valence-corrected chi connectivity index (χ3v) is 3.16. The molecule has 2 aromatic rings. The number of carbonyl (C=O) groups excluding carboxylic acids is 1. The van der Waals surface area contributed by atoms with Crippen molar-refractivity contribution in [2.24, 2.45) is 0 Å². The van der Waals surface area contributed by atoms with E-state index in [1.54, 1.807) is 42.5 Å². The molecule has 0 saturated heterocycles. The number of methoxy groups -OCH3 is 1. The van der Waals surface area contributed by atoms with Crippen molar-refractivity contribution < 1.29 is 9.53 Å². The average molecular weight is 311 g/mol. The fraction of sp³-hybridized carbons (Fsp3) is 0.0714. The van der Waals surface area contributed by atoms with Crippen LogP contribution in [0.5, 0.6) is 5.75 Å². The van der Waals surface area contributed by atoms with E-state index in [4.69, 9.17) is 27.9 Å². The van der Waals surface area contributed by atoms with Crippen molar-refractivity contribution in [3.8, 4) is 5.75 Å². The summed E-state index contributed by atoms with van der Waals surface area (Å²) in [6.45, 7) is 0. The second kappa shape index (κ2) is 6.50. The topological polar surface area (TPSA) is 50.4 Å². The Bertz CT molecular complexity index is 632. The van der Waals surface area contributed by atoms with Crippen LogP contribution in [0.2, 0.25) is 10.0 Å². The van der Waals surface area contributed by atoms with E-state index in [-0.39, 0.29) is 0 Å². The van der Waals surface area contributed by atoms with Gasteiger partial charge in [-0.25, -0.2) is 4.79 Å². The predicted octanol–water partition coefficient (Wildman–Crippen LogP) is 4.65. The lowest BCUT2D eigenvalue weighted by molar-refractivity contribution is 0.262. The monoisotopic (exact) mass is 310 g/mol.